The first-order valence-electron chi connectivity index (χ1n) is 10.7. The molecule has 162 valence electrons. The van der Waals surface area contributed by atoms with Gasteiger partial charge in [-0.1, -0.05) is 19.3 Å². The molecule has 1 rings (SSSR count). The highest BCUT2D eigenvalue weighted by atomic mass is 16.6. The average molecular weight is 400 g/mol. The van der Waals surface area contributed by atoms with Gasteiger partial charge < -0.3 is 19.5 Å². The normalized spacial score (nSPS) is 15.8. The molecule has 0 saturated heterocycles. The van der Waals surface area contributed by atoms with Crippen LogP contribution in [0.3, 0.4) is 0 Å². The zero-order valence-electron chi connectivity index (χ0n) is 17.5. The molecule has 1 saturated carbocycles. The van der Waals surface area contributed by atoms with Gasteiger partial charge >= 0.3 is 11.9 Å². The van der Waals surface area contributed by atoms with E-state index in [1.54, 1.807) is 13.8 Å². The maximum absolute atomic E-state index is 12.3. The average Bonchev–Trinajstić information content (AvgIpc) is 2.70. The molecule has 0 radical (unpaired) electrons. The monoisotopic (exact) mass is 399 g/mol. The number of carbonyl (C=O) groups is 3. The Morgan fingerprint density at radius 1 is 1.00 bits per heavy atom. The Morgan fingerprint density at radius 3 is 2.39 bits per heavy atom. The van der Waals surface area contributed by atoms with E-state index in [0.717, 1.165) is 38.5 Å². The van der Waals surface area contributed by atoms with E-state index >= 15 is 0 Å². The van der Waals surface area contributed by atoms with Crippen molar-refractivity contribution in [2.75, 3.05) is 33.0 Å². The van der Waals surface area contributed by atoms with Crippen molar-refractivity contribution in [2.45, 2.75) is 77.7 Å². The van der Waals surface area contributed by atoms with Gasteiger partial charge in [-0.2, -0.15) is 0 Å². The van der Waals surface area contributed by atoms with Gasteiger partial charge in [0, 0.05) is 25.5 Å². The van der Waals surface area contributed by atoms with Crippen molar-refractivity contribution >= 4 is 17.7 Å². The third-order valence-electron chi connectivity index (χ3n) is 4.95. The lowest BCUT2D eigenvalue weighted by Gasteiger charge is -2.21. The number of ether oxygens (including phenoxy) is 3. The second-order valence-electron chi connectivity index (χ2n) is 7.16. The summed E-state index contributed by atoms with van der Waals surface area (Å²) in [5, 5.41) is 3.19. The summed E-state index contributed by atoms with van der Waals surface area (Å²) in [6, 6.07) is -0.413. The van der Waals surface area contributed by atoms with E-state index in [9.17, 15) is 14.4 Å². The van der Waals surface area contributed by atoms with Crippen LogP contribution in [0, 0.1) is 5.92 Å². The third-order valence-corrected chi connectivity index (χ3v) is 4.95. The van der Waals surface area contributed by atoms with Crippen LogP contribution >= 0.6 is 0 Å². The van der Waals surface area contributed by atoms with Crippen LogP contribution in [-0.2, 0) is 28.6 Å². The Kier molecular flexibility index (Phi) is 13.6. The van der Waals surface area contributed by atoms with Crippen LogP contribution in [0.25, 0.3) is 0 Å². The highest BCUT2D eigenvalue weighted by Crippen LogP contribution is 2.25. The molecule has 28 heavy (non-hydrogen) atoms. The molecule has 0 aromatic heterocycles. The second-order valence-corrected chi connectivity index (χ2v) is 7.16. The van der Waals surface area contributed by atoms with Gasteiger partial charge in [0.1, 0.15) is 18.4 Å². The fraction of sp³-hybridized carbons (Fsp3) is 0.857. The molecular weight excluding hydrogens is 362 g/mol. The highest BCUT2D eigenvalue weighted by molar-refractivity contribution is 5.81. The Hall–Kier alpha value is -1.47. The fourth-order valence-corrected chi connectivity index (χ4v) is 3.46. The van der Waals surface area contributed by atoms with E-state index in [1.807, 2.05) is 0 Å². The summed E-state index contributed by atoms with van der Waals surface area (Å²) in [7, 11) is 0. The Balaban J connectivity index is 2.24. The number of nitrogens with one attached hydrogen (secondary N) is 1. The standard InChI is InChI=1S/C21H37NO6/c1-3-27-20(24)16-26-15-9-8-12-18(21(25)28-4-2)22-14-13-19(23)17-10-6-5-7-11-17/h17-18,22H,3-16H2,1-2H3. The minimum Gasteiger partial charge on any atom is -0.465 e. The van der Waals surface area contributed by atoms with Crippen molar-refractivity contribution in [3.8, 4) is 0 Å². The maximum Gasteiger partial charge on any atom is 0.332 e. The third kappa shape index (κ3) is 10.8. The maximum atomic E-state index is 12.3. The summed E-state index contributed by atoms with van der Waals surface area (Å²) in [5.74, 6) is -0.133. The van der Waals surface area contributed by atoms with Gasteiger partial charge in [-0.3, -0.25) is 9.59 Å². The SMILES string of the molecule is CCOC(=O)COCCCCC(NCCC(=O)C1CCCCC1)C(=O)OCC. The lowest BCUT2D eigenvalue weighted by Crippen LogP contribution is -2.39. The molecule has 7 nitrogen and oxygen atoms in total. The lowest BCUT2D eigenvalue weighted by molar-refractivity contribution is -0.148. The smallest absolute Gasteiger partial charge is 0.332 e. The zero-order chi connectivity index (χ0) is 20.6. The molecule has 1 fully saturated rings. The van der Waals surface area contributed by atoms with Gasteiger partial charge in [0.25, 0.3) is 0 Å². The summed E-state index contributed by atoms with van der Waals surface area (Å²) >= 11 is 0. The Bertz CT molecular complexity index is 462. The van der Waals surface area contributed by atoms with E-state index in [2.05, 4.69) is 5.32 Å². The summed E-state index contributed by atoms with van der Waals surface area (Å²) in [4.78, 5) is 35.6. The predicted octanol–water partition coefficient (Wildman–Crippen LogP) is 2.80. The highest BCUT2D eigenvalue weighted by Gasteiger charge is 2.22. The van der Waals surface area contributed by atoms with Crippen molar-refractivity contribution in [3.63, 3.8) is 0 Å². The van der Waals surface area contributed by atoms with Crippen LogP contribution in [-0.4, -0.2) is 56.7 Å². The molecule has 1 aliphatic rings. The number of carbonyl (C=O) groups excluding carboxylic acids is 3. The molecule has 0 spiro atoms. The van der Waals surface area contributed by atoms with Crippen LogP contribution < -0.4 is 5.32 Å². The molecule has 1 unspecified atom stereocenters. The molecule has 0 aromatic carbocycles. The van der Waals surface area contributed by atoms with Crippen LogP contribution in [0.4, 0.5) is 0 Å². The topological polar surface area (TPSA) is 90.9 Å². The lowest BCUT2D eigenvalue weighted by atomic mass is 9.85. The minimum absolute atomic E-state index is 0.0450. The van der Waals surface area contributed by atoms with Crippen molar-refractivity contribution in [3.05, 3.63) is 0 Å². The molecule has 0 bridgehead atoms. The van der Waals surface area contributed by atoms with E-state index in [-0.39, 0.29) is 24.5 Å². The van der Waals surface area contributed by atoms with E-state index < -0.39 is 6.04 Å². The number of Topliss-reactive ketones (excluding diaryl/α,β-unsaturated/α-hetero) is 1. The Morgan fingerprint density at radius 2 is 1.71 bits per heavy atom. The number of ketones is 1. The van der Waals surface area contributed by atoms with Crippen LogP contribution in [0.5, 0.6) is 0 Å². The van der Waals surface area contributed by atoms with Gasteiger partial charge in [0.15, 0.2) is 0 Å². The molecule has 1 N–H and O–H groups in total. The first-order valence-corrected chi connectivity index (χ1v) is 10.7. The molecule has 1 aliphatic carbocycles. The molecular formula is C21H37NO6. The number of unbranched alkanes of at least 4 members (excludes halogenated alkanes) is 1. The van der Waals surface area contributed by atoms with Crippen LogP contribution in [0.2, 0.25) is 0 Å². The number of hydrogen-bond donors (Lipinski definition) is 1. The van der Waals surface area contributed by atoms with Crippen LogP contribution in [0.15, 0.2) is 0 Å². The summed E-state index contributed by atoms with van der Waals surface area (Å²) in [6.45, 7) is 5.11. The van der Waals surface area contributed by atoms with E-state index in [4.69, 9.17) is 14.2 Å². The molecule has 1 atom stereocenters. The van der Waals surface area contributed by atoms with Gasteiger partial charge in [0.2, 0.25) is 0 Å². The molecule has 0 amide bonds. The number of hydrogen-bond acceptors (Lipinski definition) is 7. The molecule has 7 heteroatoms. The fourth-order valence-electron chi connectivity index (χ4n) is 3.46. The van der Waals surface area contributed by atoms with Crippen molar-refractivity contribution in [1.29, 1.82) is 0 Å². The second kappa shape index (κ2) is 15.5. The van der Waals surface area contributed by atoms with Gasteiger partial charge in [-0.25, -0.2) is 4.79 Å². The van der Waals surface area contributed by atoms with Gasteiger partial charge in [0.05, 0.1) is 13.2 Å². The summed E-state index contributed by atoms with van der Waals surface area (Å²) in [6.07, 6.45) is 8.10. The van der Waals surface area contributed by atoms with Gasteiger partial charge in [-0.15, -0.1) is 0 Å². The molecule has 0 aliphatic heterocycles. The molecule has 0 heterocycles. The van der Waals surface area contributed by atoms with E-state index in [0.29, 0.717) is 45.0 Å². The summed E-state index contributed by atoms with van der Waals surface area (Å²) < 4.78 is 15.2. The minimum atomic E-state index is -0.413. The first kappa shape index (κ1) is 24.6. The summed E-state index contributed by atoms with van der Waals surface area (Å²) in [5.41, 5.74) is 0. The first-order chi connectivity index (χ1) is 13.6. The zero-order valence-corrected chi connectivity index (χ0v) is 17.5. The predicted molar refractivity (Wildman–Crippen MR) is 106 cm³/mol. The Labute approximate surface area is 168 Å². The molecule has 0 aromatic rings. The van der Waals surface area contributed by atoms with E-state index in [1.165, 1.54) is 6.42 Å². The van der Waals surface area contributed by atoms with Crippen molar-refractivity contribution in [1.82, 2.24) is 5.32 Å². The number of rotatable bonds is 15. The van der Waals surface area contributed by atoms with Gasteiger partial charge in [-0.05, 0) is 46.0 Å². The largest absolute Gasteiger partial charge is 0.465 e. The quantitative estimate of drug-likeness (QED) is 0.334. The number of esters is 2. The van der Waals surface area contributed by atoms with Crippen molar-refractivity contribution < 1.29 is 28.6 Å². The van der Waals surface area contributed by atoms with Crippen molar-refractivity contribution in [2.24, 2.45) is 5.92 Å². The van der Waals surface area contributed by atoms with Crippen LogP contribution in [0.1, 0.15) is 71.6 Å².